The van der Waals surface area contributed by atoms with E-state index in [2.05, 4.69) is 10.5 Å². The number of imide groups is 1. The normalized spacial score (nSPS) is 26.4. The molecule has 0 bridgehead atoms. The van der Waals surface area contributed by atoms with E-state index in [1.54, 1.807) is 6.92 Å². The van der Waals surface area contributed by atoms with Crippen molar-refractivity contribution < 1.29 is 63.7 Å². The van der Waals surface area contributed by atoms with Crippen molar-refractivity contribution in [1.82, 2.24) is 10.3 Å². The quantitative estimate of drug-likeness (QED) is 0.0434. The fourth-order valence-electron chi connectivity index (χ4n) is 7.47. The summed E-state index contributed by atoms with van der Waals surface area (Å²) in [5.74, 6) is -4.25. The van der Waals surface area contributed by atoms with Crippen LogP contribution in [0.15, 0.2) is 35.5 Å². The lowest BCUT2D eigenvalue weighted by Crippen LogP contribution is -2.53. The van der Waals surface area contributed by atoms with Gasteiger partial charge in [-0.2, -0.15) is 5.10 Å². The third-order valence-corrected chi connectivity index (χ3v) is 10.3. The Balaban J connectivity index is 1.29. The number of carbonyl (C=O) groups excluding carboxylic acids is 5. The van der Waals surface area contributed by atoms with Crippen molar-refractivity contribution in [1.29, 1.82) is 0 Å². The number of rotatable bonds is 12. The number of aromatic hydroxyl groups is 2. The molecule has 2 aliphatic heterocycles. The van der Waals surface area contributed by atoms with Gasteiger partial charge >= 0.3 is 0 Å². The highest BCUT2D eigenvalue weighted by Gasteiger charge is 2.49. The number of nitrogens with one attached hydrogen (secondary N) is 1. The molecule has 2 aromatic carbocycles. The fraction of sp³-hybridized carbons (Fsp3) is 0.459. The molecule has 1 fully saturated rings. The van der Waals surface area contributed by atoms with Crippen molar-refractivity contribution in [2.45, 2.75) is 88.1 Å². The average Bonchev–Trinajstić information content (AvgIpc) is 3.46. The molecule has 288 valence electrons. The van der Waals surface area contributed by atoms with Crippen LogP contribution in [-0.4, -0.2) is 116 Å². The van der Waals surface area contributed by atoms with Crippen LogP contribution in [0.1, 0.15) is 94.5 Å². The van der Waals surface area contributed by atoms with Crippen molar-refractivity contribution >= 4 is 35.0 Å². The van der Waals surface area contributed by atoms with E-state index in [1.165, 1.54) is 37.5 Å². The van der Waals surface area contributed by atoms with Gasteiger partial charge in [0.1, 0.15) is 22.8 Å². The Labute approximate surface area is 309 Å². The molecule has 2 aliphatic carbocycles. The molecular weight excluding hydrogens is 708 g/mol. The molecule has 8 N–H and O–H groups in total. The number of hydrogen-bond donors (Lipinski definition) is 7. The van der Waals surface area contributed by atoms with E-state index < -0.39 is 108 Å². The van der Waals surface area contributed by atoms with Crippen LogP contribution in [0.3, 0.4) is 0 Å². The monoisotopic (exact) mass is 750 g/mol. The van der Waals surface area contributed by atoms with Crippen molar-refractivity contribution in [3.63, 3.8) is 0 Å². The molecule has 4 aliphatic rings. The number of ether oxygens (including phenoxy) is 3. The predicted octanol–water partition coefficient (Wildman–Crippen LogP) is 0.390. The zero-order valence-corrected chi connectivity index (χ0v) is 29.6. The largest absolute Gasteiger partial charge is 0.507 e. The van der Waals surface area contributed by atoms with Gasteiger partial charge in [-0.1, -0.05) is 18.6 Å². The summed E-state index contributed by atoms with van der Waals surface area (Å²) in [5, 5.41) is 60.5. The average molecular weight is 751 g/mol. The summed E-state index contributed by atoms with van der Waals surface area (Å²) in [6.07, 6.45) is -1.56. The molecule has 0 saturated carbocycles. The van der Waals surface area contributed by atoms with E-state index in [4.69, 9.17) is 19.9 Å². The standard InChI is InChI=1S/C37H42N4O13/c1-17-32(46)20(38)13-27(53-17)54-22-15-37(51,23(16-42)39-40-24(43)9-4-3-5-12-41-25(44)10-11-26(41)45)14-19-29(22)36(50)31-30(34(19)48)33(47)18-7-6-8-21(52-2)28(18)35(31)49/h6-8,10-11,17,20,22,27,32,42,46,48,50-51H,3-5,9,12-16,38H2,1-2H3,(H,40,43)/b39-23-/t17-,20-,22-,27-,32+,37-/m1/s1. The van der Waals surface area contributed by atoms with Crippen LogP contribution in [0.4, 0.5) is 0 Å². The molecule has 0 spiro atoms. The molecule has 17 nitrogen and oxygen atoms in total. The second-order valence-electron chi connectivity index (χ2n) is 13.8. The molecule has 0 unspecified atom stereocenters. The first-order valence-electron chi connectivity index (χ1n) is 17.5. The second kappa shape index (κ2) is 15.4. The van der Waals surface area contributed by atoms with Crippen molar-refractivity contribution in [3.05, 3.63) is 63.7 Å². The Morgan fingerprint density at radius 1 is 1.06 bits per heavy atom. The molecule has 17 heteroatoms. The minimum Gasteiger partial charge on any atom is -0.507 e. The third-order valence-electron chi connectivity index (χ3n) is 10.3. The van der Waals surface area contributed by atoms with Crippen LogP contribution >= 0.6 is 0 Å². The summed E-state index contributed by atoms with van der Waals surface area (Å²) in [5.41, 5.74) is 4.46. The molecule has 2 heterocycles. The predicted molar refractivity (Wildman–Crippen MR) is 187 cm³/mol. The lowest BCUT2D eigenvalue weighted by atomic mass is 9.71. The number of hydrogen-bond acceptors (Lipinski definition) is 15. The molecule has 1 saturated heterocycles. The van der Waals surface area contributed by atoms with E-state index in [0.717, 1.165) is 4.90 Å². The zero-order chi connectivity index (χ0) is 39.1. The van der Waals surface area contributed by atoms with Crippen LogP contribution in [0, 0.1) is 0 Å². The number of phenols is 2. The first kappa shape index (κ1) is 38.7. The highest BCUT2D eigenvalue weighted by molar-refractivity contribution is 6.31. The number of nitrogens with two attached hydrogens (primary N) is 1. The van der Waals surface area contributed by atoms with Gasteiger partial charge in [-0.25, -0.2) is 5.43 Å². The second-order valence-corrected chi connectivity index (χ2v) is 13.8. The highest BCUT2D eigenvalue weighted by Crippen LogP contribution is 2.52. The van der Waals surface area contributed by atoms with E-state index in [0.29, 0.717) is 19.3 Å². The van der Waals surface area contributed by atoms with Gasteiger partial charge in [-0.3, -0.25) is 28.9 Å². The van der Waals surface area contributed by atoms with E-state index in [-0.39, 0.29) is 53.1 Å². The highest BCUT2D eigenvalue weighted by atomic mass is 16.7. The number of ketones is 2. The van der Waals surface area contributed by atoms with Gasteiger partial charge in [0, 0.05) is 67.1 Å². The Hall–Kier alpha value is -5.04. The minimum absolute atomic E-state index is 0.0120. The lowest BCUT2D eigenvalue weighted by molar-refractivity contribution is -0.245. The van der Waals surface area contributed by atoms with Crippen molar-refractivity contribution in [2.75, 3.05) is 20.3 Å². The topological polar surface area (TPSA) is 268 Å². The molecular formula is C37H42N4O13. The lowest BCUT2D eigenvalue weighted by Gasteiger charge is -2.43. The molecule has 6 rings (SSSR count). The third kappa shape index (κ3) is 7.01. The maximum atomic E-state index is 14.0. The molecule has 3 amide bonds. The number of carbonyl (C=O) groups is 5. The van der Waals surface area contributed by atoms with Crippen LogP contribution in [-0.2, 0) is 30.3 Å². The summed E-state index contributed by atoms with van der Waals surface area (Å²) in [6.45, 7) is 0.910. The molecule has 0 aromatic heterocycles. The number of aliphatic hydroxyl groups excluding tert-OH is 2. The summed E-state index contributed by atoms with van der Waals surface area (Å²) < 4.78 is 17.4. The van der Waals surface area contributed by atoms with Crippen molar-refractivity contribution in [2.24, 2.45) is 10.8 Å². The first-order valence-corrected chi connectivity index (χ1v) is 17.5. The number of phenolic OH excluding ortho intramolecular Hbond substituents is 2. The van der Waals surface area contributed by atoms with Crippen molar-refractivity contribution in [3.8, 4) is 17.2 Å². The molecule has 0 radical (unpaired) electrons. The van der Waals surface area contributed by atoms with E-state index in [1.807, 2.05) is 0 Å². The molecule has 54 heavy (non-hydrogen) atoms. The van der Waals surface area contributed by atoms with Gasteiger partial charge in [-0.05, 0) is 25.8 Å². The van der Waals surface area contributed by atoms with Crippen LogP contribution < -0.4 is 15.9 Å². The van der Waals surface area contributed by atoms with Gasteiger partial charge in [0.25, 0.3) is 11.8 Å². The Kier molecular flexibility index (Phi) is 11.0. The maximum Gasteiger partial charge on any atom is 0.253 e. The summed E-state index contributed by atoms with van der Waals surface area (Å²) in [4.78, 5) is 65.1. The zero-order valence-electron chi connectivity index (χ0n) is 29.6. The number of benzene rings is 2. The number of methoxy groups -OCH3 is 1. The SMILES string of the molecule is COc1cccc2c1C(=O)c1c(O)c3c(c(O)c1C2=O)C[C@](O)(/C(CO)=N\NC(=O)CCCCCN1C(=O)C=CC1=O)C[C@H]3O[C@@H]1C[C@@H](N)[C@@H](O)[C@@H](C)O1. The summed E-state index contributed by atoms with van der Waals surface area (Å²) >= 11 is 0. The van der Waals surface area contributed by atoms with Crippen LogP contribution in [0.2, 0.25) is 0 Å². The van der Waals surface area contributed by atoms with E-state index in [9.17, 15) is 49.5 Å². The summed E-state index contributed by atoms with van der Waals surface area (Å²) in [6, 6.07) is 3.57. The Bertz CT molecular complexity index is 1930. The number of aliphatic hydroxyl groups is 3. The minimum atomic E-state index is -2.16. The first-order chi connectivity index (χ1) is 25.7. The number of fused-ring (bicyclic) bond motifs is 3. The van der Waals surface area contributed by atoms with Gasteiger partial charge < -0.3 is 45.5 Å². The van der Waals surface area contributed by atoms with Gasteiger partial charge in [0.05, 0.1) is 54.4 Å². The van der Waals surface area contributed by atoms with Crippen LogP contribution in [0.25, 0.3) is 0 Å². The van der Waals surface area contributed by atoms with Gasteiger partial charge in [0.15, 0.2) is 12.1 Å². The maximum absolute atomic E-state index is 14.0. The number of nitrogens with zero attached hydrogens (tertiary/aromatic N) is 2. The van der Waals surface area contributed by atoms with E-state index >= 15 is 0 Å². The Morgan fingerprint density at radius 3 is 2.43 bits per heavy atom. The van der Waals surface area contributed by atoms with Gasteiger partial charge in [-0.15, -0.1) is 0 Å². The fourth-order valence-corrected chi connectivity index (χ4v) is 7.47. The number of amides is 3. The summed E-state index contributed by atoms with van der Waals surface area (Å²) in [7, 11) is 1.32. The van der Waals surface area contributed by atoms with Gasteiger partial charge in [0.2, 0.25) is 11.7 Å². The van der Waals surface area contributed by atoms with Crippen LogP contribution in [0.5, 0.6) is 17.2 Å². The molecule has 2 aromatic rings. The number of unbranched alkanes of at least 4 members (excludes halogenated alkanes) is 2. The smallest absolute Gasteiger partial charge is 0.253 e. The number of hydrazone groups is 1. The molecule has 6 atom stereocenters. The Morgan fingerprint density at radius 2 is 1.76 bits per heavy atom.